The third kappa shape index (κ3) is 3.58. The third-order valence-electron chi connectivity index (χ3n) is 2.99. The zero-order valence-corrected chi connectivity index (χ0v) is 11.6. The third-order valence-corrected chi connectivity index (χ3v) is 2.99. The molecule has 4 heteroatoms. The first-order valence-corrected chi connectivity index (χ1v) is 6.80. The summed E-state index contributed by atoms with van der Waals surface area (Å²) in [5.41, 5.74) is 3.37. The fraction of sp³-hybridized carbons (Fsp3) is 0.400. The van der Waals surface area contributed by atoms with E-state index in [0.717, 1.165) is 42.9 Å². The first kappa shape index (κ1) is 13.6. The van der Waals surface area contributed by atoms with E-state index in [0.29, 0.717) is 0 Å². The molecule has 2 heterocycles. The molecule has 100 valence electrons. The molecule has 0 aliphatic carbocycles. The zero-order valence-electron chi connectivity index (χ0n) is 11.6. The van der Waals surface area contributed by atoms with Crippen molar-refractivity contribution in [1.29, 1.82) is 0 Å². The molecule has 0 aromatic carbocycles. The van der Waals surface area contributed by atoms with E-state index in [1.807, 2.05) is 24.7 Å². The molecule has 0 amide bonds. The Kier molecular flexibility index (Phi) is 4.98. The second kappa shape index (κ2) is 6.95. The summed E-state index contributed by atoms with van der Waals surface area (Å²) >= 11 is 0. The molecule has 0 spiro atoms. The number of nitrogens with zero attached hydrogens (tertiary/aromatic N) is 3. The van der Waals surface area contributed by atoms with Crippen LogP contribution < -0.4 is 5.32 Å². The van der Waals surface area contributed by atoms with E-state index in [2.05, 4.69) is 34.1 Å². The Hall–Kier alpha value is -1.81. The van der Waals surface area contributed by atoms with Gasteiger partial charge in [-0.3, -0.25) is 4.98 Å². The van der Waals surface area contributed by atoms with Gasteiger partial charge in [0.05, 0.1) is 0 Å². The zero-order chi connectivity index (χ0) is 13.5. The summed E-state index contributed by atoms with van der Waals surface area (Å²) in [6.07, 6.45) is 9.53. The summed E-state index contributed by atoms with van der Waals surface area (Å²) in [5.74, 6) is 0.776. The molecule has 19 heavy (non-hydrogen) atoms. The molecule has 2 aromatic heterocycles. The van der Waals surface area contributed by atoms with E-state index < -0.39 is 0 Å². The number of nitrogens with one attached hydrogen (secondary N) is 1. The van der Waals surface area contributed by atoms with E-state index in [-0.39, 0.29) is 0 Å². The fourth-order valence-electron chi connectivity index (χ4n) is 1.92. The largest absolute Gasteiger partial charge is 0.313 e. The fourth-order valence-corrected chi connectivity index (χ4v) is 1.92. The molecule has 0 aliphatic rings. The summed E-state index contributed by atoms with van der Waals surface area (Å²) in [5, 5.41) is 3.34. The lowest BCUT2D eigenvalue weighted by molar-refractivity contribution is 0.672. The van der Waals surface area contributed by atoms with Gasteiger partial charge in [-0.05, 0) is 31.0 Å². The Balaban J connectivity index is 2.13. The Labute approximate surface area is 114 Å². The van der Waals surface area contributed by atoms with Crippen LogP contribution in [0.25, 0.3) is 11.4 Å². The topological polar surface area (TPSA) is 50.7 Å². The Morgan fingerprint density at radius 1 is 1.11 bits per heavy atom. The molecule has 0 bridgehead atoms. The lowest BCUT2D eigenvalue weighted by Gasteiger charge is -2.07. The van der Waals surface area contributed by atoms with Crippen LogP contribution >= 0.6 is 0 Å². The average Bonchev–Trinajstić information content (AvgIpc) is 2.48. The molecule has 2 aromatic rings. The monoisotopic (exact) mass is 256 g/mol. The summed E-state index contributed by atoms with van der Waals surface area (Å²) < 4.78 is 0. The Bertz CT molecular complexity index is 508. The van der Waals surface area contributed by atoms with Crippen molar-refractivity contribution in [1.82, 2.24) is 20.3 Å². The number of aryl methyl sites for hydroxylation is 1. The van der Waals surface area contributed by atoms with E-state index in [4.69, 9.17) is 0 Å². The van der Waals surface area contributed by atoms with Crippen LogP contribution in [-0.2, 0) is 13.0 Å². The van der Waals surface area contributed by atoms with Gasteiger partial charge in [0, 0.05) is 42.5 Å². The van der Waals surface area contributed by atoms with Gasteiger partial charge in [0.15, 0.2) is 5.82 Å². The minimum Gasteiger partial charge on any atom is -0.313 e. The van der Waals surface area contributed by atoms with Crippen molar-refractivity contribution in [3.05, 3.63) is 42.0 Å². The highest BCUT2D eigenvalue weighted by Gasteiger charge is 2.06. The van der Waals surface area contributed by atoms with E-state index in [9.17, 15) is 0 Å². The van der Waals surface area contributed by atoms with E-state index in [1.165, 1.54) is 5.56 Å². The van der Waals surface area contributed by atoms with Crippen LogP contribution in [0.5, 0.6) is 0 Å². The maximum Gasteiger partial charge on any atom is 0.159 e. The van der Waals surface area contributed by atoms with Gasteiger partial charge in [0.1, 0.15) is 0 Å². The lowest BCUT2D eigenvalue weighted by Crippen LogP contribution is -2.14. The number of aromatic nitrogens is 3. The molecule has 0 fully saturated rings. The van der Waals surface area contributed by atoms with Gasteiger partial charge in [-0.2, -0.15) is 0 Å². The standard InChI is InChI=1S/C15H20N4/c1-3-6-16-8-12-9-18-15(19-10-12)14-5-7-17-11-13(14)4-2/h5,7,9-11,16H,3-4,6,8H2,1-2H3. The van der Waals surface area contributed by atoms with Crippen molar-refractivity contribution >= 4 is 0 Å². The van der Waals surface area contributed by atoms with Gasteiger partial charge in [-0.1, -0.05) is 13.8 Å². The Morgan fingerprint density at radius 2 is 1.89 bits per heavy atom. The minimum absolute atomic E-state index is 0.776. The number of pyridine rings is 1. The van der Waals surface area contributed by atoms with Crippen LogP contribution in [0.3, 0.4) is 0 Å². The highest BCUT2D eigenvalue weighted by Crippen LogP contribution is 2.19. The first-order valence-electron chi connectivity index (χ1n) is 6.80. The lowest BCUT2D eigenvalue weighted by atomic mass is 10.1. The predicted octanol–water partition coefficient (Wildman–Crippen LogP) is 2.60. The second-order valence-electron chi connectivity index (χ2n) is 4.48. The predicted molar refractivity (Wildman–Crippen MR) is 76.6 cm³/mol. The van der Waals surface area contributed by atoms with Gasteiger partial charge >= 0.3 is 0 Å². The van der Waals surface area contributed by atoms with Crippen molar-refractivity contribution in [2.75, 3.05) is 6.54 Å². The van der Waals surface area contributed by atoms with Gasteiger partial charge < -0.3 is 5.32 Å². The molecule has 0 atom stereocenters. The molecule has 1 N–H and O–H groups in total. The van der Waals surface area contributed by atoms with Crippen molar-refractivity contribution in [2.45, 2.75) is 33.2 Å². The van der Waals surface area contributed by atoms with Crippen LogP contribution in [-0.4, -0.2) is 21.5 Å². The summed E-state index contributed by atoms with van der Waals surface area (Å²) in [4.78, 5) is 13.1. The highest BCUT2D eigenvalue weighted by molar-refractivity contribution is 5.58. The Morgan fingerprint density at radius 3 is 2.58 bits per heavy atom. The smallest absolute Gasteiger partial charge is 0.159 e. The minimum atomic E-state index is 0.776. The molecule has 0 aliphatic heterocycles. The molecule has 2 rings (SSSR count). The van der Waals surface area contributed by atoms with Gasteiger partial charge in [-0.25, -0.2) is 9.97 Å². The molecule has 0 radical (unpaired) electrons. The normalized spacial score (nSPS) is 10.6. The number of hydrogen-bond acceptors (Lipinski definition) is 4. The van der Waals surface area contributed by atoms with Crippen molar-refractivity contribution in [3.8, 4) is 11.4 Å². The molecule has 0 unspecified atom stereocenters. The summed E-state index contributed by atoms with van der Waals surface area (Å²) in [6, 6.07) is 1.98. The SMILES string of the molecule is CCCNCc1cnc(-c2ccncc2CC)nc1. The van der Waals surface area contributed by atoms with Gasteiger partial charge in [-0.15, -0.1) is 0 Å². The number of rotatable bonds is 6. The summed E-state index contributed by atoms with van der Waals surface area (Å²) in [6.45, 7) is 6.11. The van der Waals surface area contributed by atoms with Crippen molar-refractivity contribution in [2.24, 2.45) is 0 Å². The van der Waals surface area contributed by atoms with Crippen LogP contribution in [0.15, 0.2) is 30.9 Å². The van der Waals surface area contributed by atoms with Crippen LogP contribution in [0, 0.1) is 0 Å². The maximum absolute atomic E-state index is 4.46. The van der Waals surface area contributed by atoms with Crippen LogP contribution in [0.1, 0.15) is 31.4 Å². The van der Waals surface area contributed by atoms with Gasteiger partial charge in [0.2, 0.25) is 0 Å². The average molecular weight is 256 g/mol. The van der Waals surface area contributed by atoms with E-state index >= 15 is 0 Å². The molecular weight excluding hydrogens is 236 g/mol. The van der Waals surface area contributed by atoms with Crippen molar-refractivity contribution < 1.29 is 0 Å². The molecule has 0 saturated carbocycles. The molecule has 4 nitrogen and oxygen atoms in total. The molecular formula is C15H20N4. The molecule has 0 saturated heterocycles. The van der Waals surface area contributed by atoms with Crippen molar-refractivity contribution in [3.63, 3.8) is 0 Å². The van der Waals surface area contributed by atoms with Crippen LogP contribution in [0.4, 0.5) is 0 Å². The maximum atomic E-state index is 4.46. The summed E-state index contributed by atoms with van der Waals surface area (Å²) in [7, 11) is 0. The highest BCUT2D eigenvalue weighted by atomic mass is 14.9. The quantitative estimate of drug-likeness (QED) is 0.807. The number of hydrogen-bond donors (Lipinski definition) is 1. The second-order valence-corrected chi connectivity index (χ2v) is 4.48. The van der Waals surface area contributed by atoms with Crippen LogP contribution in [0.2, 0.25) is 0 Å². The van der Waals surface area contributed by atoms with Gasteiger partial charge in [0.25, 0.3) is 0 Å². The van der Waals surface area contributed by atoms with E-state index in [1.54, 1.807) is 6.20 Å². The first-order chi connectivity index (χ1) is 9.35.